The Bertz CT molecular complexity index is 643. The Kier molecular flexibility index (Phi) is 9.70. The monoisotopic (exact) mass is 423 g/mol. The Balaban J connectivity index is 1.63. The van der Waals surface area contributed by atoms with Crippen LogP contribution in [0.2, 0.25) is 0 Å². The lowest BCUT2D eigenvalue weighted by Crippen LogP contribution is -2.38. The summed E-state index contributed by atoms with van der Waals surface area (Å²) in [6.07, 6.45) is 7.41. The van der Waals surface area contributed by atoms with E-state index < -0.39 is 5.60 Å². The Labute approximate surface area is 179 Å². The number of amides is 1. The second kappa shape index (κ2) is 12.0. The van der Waals surface area contributed by atoms with Crippen molar-refractivity contribution in [3.05, 3.63) is 15.6 Å². The lowest BCUT2D eigenvalue weighted by molar-refractivity contribution is 0.0527. The van der Waals surface area contributed by atoms with Crippen LogP contribution in [0.5, 0.6) is 0 Å². The molecule has 1 heterocycles. The maximum atomic E-state index is 11.6. The number of aromatic nitrogens is 1. The third kappa shape index (κ3) is 9.47. The van der Waals surface area contributed by atoms with E-state index in [-0.39, 0.29) is 6.09 Å². The second-order valence-electron chi connectivity index (χ2n) is 8.26. The van der Waals surface area contributed by atoms with Gasteiger partial charge in [0.1, 0.15) is 5.60 Å². The van der Waals surface area contributed by atoms with E-state index in [1.807, 2.05) is 32.1 Å². The highest BCUT2D eigenvalue weighted by molar-refractivity contribution is 7.11. The Morgan fingerprint density at radius 2 is 1.90 bits per heavy atom. The molecule has 1 aromatic rings. The summed E-state index contributed by atoms with van der Waals surface area (Å²) in [4.78, 5) is 22.5. The molecule has 0 unspecified atom stereocenters. The van der Waals surface area contributed by atoms with E-state index in [0.717, 1.165) is 44.7 Å². The van der Waals surface area contributed by atoms with E-state index in [0.29, 0.717) is 13.1 Å². The second-order valence-corrected chi connectivity index (χ2v) is 9.43. The number of ether oxygens (including phenoxy) is 1. The summed E-state index contributed by atoms with van der Waals surface area (Å²) >= 11 is 1.90. The summed E-state index contributed by atoms with van der Waals surface area (Å²) in [7, 11) is 0. The molecule has 0 atom stereocenters. The smallest absolute Gasteiger partial charge is 0.407 e. The van der Waals surface area contributed by atoms with Gasteiger partial charge in [-0.25, -0.2) is 9.78 Å². The zero-order chi connectivity index (χ0) is 21.1. The molecule has 1 amide bonds. The van der Waals surface area contributed by atoms with Crippen LogP contribution in [0.1, 0.15) is 69.0 Å². The predicted molar refractivity (Wildman–Crippen MR) is 120 cm³/mol. The highest BCUT2D eigenvalue weighted by atomic mass is 32.1. The Morgan fingerprint density at radius 1 is 1.14 bits per heavy atom. The number of carbonyl (C=O) groups excluding carboxylic acids is 1. The van der Waals surface area contributed by atoms with Gasteiger partial charge >= 0.3 is 6.09 Å². The van der Waals surface area contributed by atoms with E-state index in [1.54, 1.807) is 0 Å². The minimum Gasteiger partial charge on any atom is -0.444 e. The number of nitrogens with zero attached hydrogens (tertiary/aromatic N) is 2. The van der Waals surface area contributed by atoms with E-state index in [2.05, 4.69) is 27.9 Å². The summed E-state index contributed by atoms with van der Waals surface area (Å²) in [6.45, 7) is 10.5. The average molecular weight is 424 g/mol. The normalized spacial score (nSPS) is 14.3. The topological polar surface area (TPSA) is 87.6 Å². The van der Waals surface area contributed by atoms with Crippen LogP contribution in [0, 0.1) is 0 Å². The first-order chi connectivity index (χ1) is 13.9. The van der Waals surface area contributed by atoms with Crippen molar-refractivity contribution in [2.24, 2.45) is 4.99 Å². The van der Waals surface area contributed by atoms with Crippen molar-refractivity contribution in [3.8, 4) is 0 Å². The zero-order valence-electron chi connectivity index (χ0n) is 18.4. The summed E-state index contributed by atoms with van der Waals surface area (Å²) in [5.41, 5.74) is 0.876. The van der Waals surface area contributed by atoms with Crippen LogP contribution in [-0.4, -0.2) is 48.8 Å². The van der Waals surface area contributed by atoms with Gasteiger partial charge in [-0.3, -0.25) is 4.99 Å². The summed E-state index contributed by atoms with van der Waals surface area (Å²) in [5.74, 6) is 0.822. The number of rotatable bonds is 9. The molecule has 0 fully saturated rings. The van der Waals surface area contributed by atoms with Crippen molar-refractivity contribution in [2.75, 3.05) is 26.2 Å². The van der Waals surface area contributed by atoms with E-state index >= 15 is 0 Å². The molecule has 29 heavy (non-hydrogen) atoms. The molecule has 0 aromatic carbocycles. The Morgan fingerprint density at radius 3 is 2.62 bits per heavy atom. The first-order valence-electron chi connectivity index (χ1n) is 10.8. The number of hydrogen-bond donors (Lipinski definition) is 3. The number of nitrogens with one attached hydrogen (secondary N) is 3. The van der Waals surface area contributed by atoms with Gasteiger partial charge in [0.25, 0.3) is 0 Å². The first kappa shape index (κ1) is 23.4. The molecule has 0 bridgehead atoms. The number of alkyl carbamates (subject to hydrolysis) is 1. The largest absolute Gasteiger partial charge is 0.444 e. The summed E-state index contributed by atoms with van der Waals surface area (Å²) < 4.78 is 5.22. The highest BCUT2D eigenvalue weighted by Gasteiger charge is 2.16. The van der Waals surface area contributed by atoms with Gasteiger partial charge in [0.15, 0.2) is 5.96 Å². The van der Waals surface area contributed by atoms with Crippen LogP contribution in [0.15, 0.2) is 4.99 Å². The fourth-order valence-corrected chi connectivity index (χ4v) is 4.27. The lowest BCUT2D eigenvalue weighted by atomic mass is 10.0. The first-order valence-corrected chi connectivity index (χ1v) is 11.7. The molecule has 0 saturated heterocycles. The maximum Gasteiger partial charge on any atom is 0.407 e. The van der Waals surface area contributed by atoms with Crippen LogP contribution in [-0.2, 0) is 24.0 Å². The van der Waals surface area contributed by atoms with Crippen molar-refractivity contribution in [3.63, 3.8) is 0 Å². The molecule has 0 saturated carbocycles. The van der Waals surface area contributed by atoms with Crippen LogP contribution in [0.25, 0.3) is 0 Å². The number of hydrogen-bond acceptors (Lipinski definition) is 5. The molecular formula is C21H37N5O2S. The molecule has 8 heteroatoms. The van der Waals surface area contributed by atoms with Gasteiger partial charge in [0.05, 0.1) is 10.7 Å². The maximum absolute atomic E-state index is 11.6. The Hall–Kier alpha value is -1.83. The molecule has 3 N–H and O–H groups in total. The molecule has 164 valence electrons. The van der Waals surface area contributed by atoms with Gasteiger partial charge in [0, 0.05) is 37.5 Å². The van der Waals surface area contributed by atoms with Gasteiger partial charge in [-0.2, -0.15) is 0 Å². The van der Waals surface area contributed by atoms with E-state index in [4.69, 9.17) is 9.72 Å². The van der Waals surface area contributed by atoms with E-state index in [9.17, 15) is 4.79 Å². The molecular weight excluding hydrogens is 386 g/mol. The minimum atomic E-state index is -0.470. The molecule has 1 aromatic heterocycles. The quantitative estimate of drug-likeness (QED) is 0.322. The number of aryl methyl sites for hydroxylation is 3. The summed E-state index contributed by atoms with van der Waals surface area (Å²) in [6, 6.07) is 0. The fourth-order valence-electron chi connectivity index (χ4n) is 3.08. The third-order valence-electron chi connectivity index (χ3n) is 4.37. The molecule has 1 aliphatic rings. The zero-order valence-corrected chi connectivity index (χ0v) is 19.2. The van der Waals surface area contributed by atoms with Crippen molar-refractivity contribution >= 4 is 23.4 Å². The fraction of sp³-hybridized carbons (Fsp3) is 0.762. The average Bonchev–Trinajstić information content (AvgIpc) is 3.06. The van der Waals surface area contributed by atoms with Gasteiger partial charge in [-0.15, -0.1) is 11.3 Å². The number of thiazole rings is 1. The standard InChI is InChI=1S/C21H37N5O2S/c1-5-22-19(24-14-9-15-25-20(27)28-21(2,3)4)23-13-8-12-18-26-16-10-6-7-11-17(16)29-18/h5-15H2,1-4H3,(H,25,27)(H2,22,23,24). The van der Waals surface area contributed by atoms with Gasteiger partial charge in [-0.05, 0) is 66.2 Å². The number of guanidine groups is 1. The van der Waals surface area contributed by atoms with Crippen LogP contribution < -0.4 is 16.0 Å². The van der Waals surface area contributed by atoms with Crippen LogP contribution >= 0.6 is 11.3 Å². The van der Waals surface area contributed by atoms with Crippen molar-refractivity contribution in [1.29, 1.82) is 0 Å². The summed E-state index contributed by atoms with van der Waals surface area (Å²) in [5, 5.41) is 10.7. The van der Waals surface area contributed by atoms with Crippen molar-refractivity contribution in [2.45, 2.75) is 78.2 Å². The van der Waals surface area contributed by atoms with Crippen LogP contribution in [0.4, 0.5) is 4.79 Å². The van der Waals surface area contributed by atoms with Crippen molar-refractivity contribution in [1.82, 2.24) is 20.9 Å². The van der Waals surface area contributed by atoms with Gasteiger partial charge in [0.2, 0.25) is 0 Å². The third-order valence-corrected chi connectivity index (χ3v) is 5.58. The number of carbonyl (C=O) groups is 1. The van der Waals surface area contributed by atoms with E-state index in [1.165, 1.54) is 34.8 Å². The van der Waals surface area contributed by atoms with Gasteiger partial charge < -0.3 is 20.7 Å². The molecule has 0 spiro atoms. The SMILES string of the molecule is CCNC(=NCCCNC(=O)OC(C)(C)C)NCCCc1nc2c(s1)CCCC2. The molecule has 7 nitrogen and oxygen atoms in total. The number of fused-ring (bicyclic) bond motifs is 1. The predicted octanol–water partition coefficient (Wildman–Crippen LogP) is 3.42. The molecule has 1 aliphatic carbocycles. The molecule has 0 aliphatic heterocycles. The lowest BCUT2D eigenvalue weighted by Gasteiger charge is -2.19. The molecule has 2 rings (SSSR count). The van der Waals surface area contributed by atoms with Crippen molar-refractivity contribution < 1.29 is 9.53 Å². The minimum absolute atomic E-state index is 0.379. The molecule has 0 radical (unpaired) electrons. The van der Waals surface area contributed by atoms with Crippen LogP contribution in [0.3, 0.4) is 0 Å². The number of aliphatic imine (C=N–C) groups is 1. The van der Waals surface area contributed by atoms with Gasteiger partial charge in [-0.1, -0.05) is 0 Å². The highest BCUT2D eigenvalue weighted by Crippen LogP contribution is 2.27.